The second-order valence-corrected chi connectivity index (χ2v) is 16.9. The van der Waals surface area contributed by atoms with Gasteiger partial charge in [-0.05, 0) is 102 Å². The first-order chi connectivity index (χ1) is 34.4. The van der Waals surface area contributed by atoms with Gasteiger partial charge in [-0.3, -0.25) is 14.4 Å². The van der Waals surface area contributed by atoms with Gasteiger partial charge in [0.05, 0.1) is 36.0 Å². The summed E-state index contributed by atoms with van der Waals surface area (Å²) in [6.07, 6.45) is 2.74. The minimum atomic E-state index is -1.29. The number of hydrogen-bond acceptors (Lipinski definition) is 15. The minimum Gasteiger partial charge on any atom is -0.491 e. The third-order valence-electron chi connectivity index (χ3n) is 12.3. The normalized spacial score (nSPS) is 15.9. The number of esters is 5. The molecule has 0 radical (unpaired) electrons. The Morgan fingerprint density at radius 3 is 1.83 bits per heavy atom. The molecule has 0 heterocycles. The highest BCUT2D eigenvalue weighted by Gasteiger charge is 2.46. The third-order valence-corrected chi connectivity index (χ3v) is 12.3. The highest BCUT2D eigenvalue weighted by atomic mass is 16.6. The van der Waals surface area contributed by atoms with Gasteiger partial charge in [0, 0.05) is 5.57 Å². The number of allylic oxidation sites excluding steroid dienone is 2. The zero-order valence-corrected chi connectivity index (χ0v) is 39.5. The summed E-state index contributed by atoms with van der Waals surface area (Å²) in [6, 6.07) is 35.4. The van der Waals surface area contributed by atoms with Crippen LogP contribution < -0.4 is 14.2 Å². The fourth-order valence-corrected chi connectivity index (χ4v) is 8.67. The van der Waals surface area contributed by atoms with Crippen LogP contribution in [0.3, 0.4) is 0 Å². The Balaban J connectivity index is 1.16. The molecule has 15 heteroatoms. The molecular weight excluding hydrogens is 913 g/mol. The second kappa shape index (κ2) is 23.5. The molecule has 4 unspecified atom stereocenters. The van der Waals surface area contributed by atoms with E-state index in [1.165, 1.54) is 26.2 Å². The van der Waals surface area contributed by atoms with Crippen LogP contribution in [0.25, 0.3) is 11.1 Å². The summed E-state index contributed by atoms with van der Waals surface area (Å²) in [5.41, 5.74) is 5.14. The number of aliphatic hydroxyl groups excluding tert-OH is 1. The molecule has 0 spiro atoms. The molecule has 71 heavy (non-hydrogen) atoms. The molecular formula is C56H54O15. The lowest BCUT2D eigenvalue weighted by Gasteiger charge is -2.34. The van der Waals surface area contributed by atoms with Gasteiger partial charge in [-0.25, -0.2) is 14.4 Å². The first-order valence-corrected chi connectivity index (χ1v) is 23.1. The van der Waals surface area contributed by atoms with Crippen LogP contribution in [-0.2, 0) is 48.3 Å². The van der Waals surface area contributed by atoms with E-state index in [1.807, 2.05) is 67.6 Å². The van der Waals surface area contributed by atoms with E-state index < -0.39 is 65.9 Å². The number of benzene rings is 5. The molecule has 0 bridgehead atoms. The highest BCUT2D eigenvalue weighted by molar-refractivity contribution is 5.98. The van der Waals surface area contributed by atoms with Crippen molar-refractivity contribution in [2.24, 2.45) is 11.8 Å². The van der Waals surface area contributed by atoms with Crippen molar-refractivity contribution in [3.05, 3.63) is 173 Å². The summed E-state index contributed by atoms with van der Waals surface area (Å²) in [6.45, 7) is 5.71. The lowest BCUT2D eigenvalue weighted by Crippen LogP contribution is -2.36. The third kappa shape index (κ3) is 11.5. The van der Waals surface area contributed by atoms with E-state index in [-0.39, 0.29) is 68.2 Å². The molecule has 5 aromatic rings. The van der Waals surface area contributed by atoms with Gasteiger partial charge in [-0.15, -0.1) is 0 Å². The van der Waals surface area contributed by atoms with Crippen LogP contribution >= 0.6 is 0 Å². The monoisotopic (exact) mass is 966 g/mol. The molecule has 0 aliphatic heterocycles. The number of aliphatic hydroxyl groups is 1. The van der Waals surface area contributed by atoms with Gasteiger partial charge < -0.3 is 43.0 Å². The van der Waals surface area contributed by atoms with Crippen molar-refractivity contribution < 1.29 is 71.8 Å². The quantitative estimate of drug-likeness (QED) is 0.0172. The Labute approximate surface area is 410 Å². The molecule has 368 valence electrons. The largest absolute Gasteiger partial charge is 0.491 e. The predicted octanol–water partition coefficient (Wildman–Crippen LogP) is 7.91. The van der Waals surface area contributed by atoms with Gasteiger partial charge in [0.2, 0.25) is 0 Å². The van der Waals surface area contributed by atoms with E-state index in [0.29, 0.717) is 17.9 Å². The van der Waals surface area contributed by atoms with Crippen LogP contribution in [0.15, 0.2) is 140 Å². The Bertz CT molecular complexity index is 2730. The Hall–Kier alpha value is -8.04. The van der Waals surface area contributed by atoms with Crippen molar-refractivity contribution >= 4 is 36.3 Å². The number of fused-ring (bicyclic) bond motifs is 3. The maximum Gasteiger partial charge on any atom is 0.342 e. The van der Waals surface area contributed by atoms with E-state index in [4.69, 9.17) is 37.9 Å². The molecule has 0 amide bonds. The van der Waals surface area contributed by atoms with E-state index in [1.54, 1.807) is 24.3 Å². The van der Waals surface area contributed by atoms with E-state index in [2.05, 4.69) is 30.8 Å². The lowest BCUT2D eigenvalue weighted by atomic mass is 9.68. The Morgan fingerprint density at radius 2 is 1.27 bits per heavy atom. The van der Waals surface area contributed by atoms with E-state index >= 15 is 0 Å². The van der Waals surface area contributed by atoms with Crippen molar-refractivity contribution in [2.45, 2.75) is 50.7 Å². The van der Waals surface area contributed by atoms with Crippen molar-refractivity contribution in [1.29, 1.82) is 0 Å². The van der Waals surface area contributed by atoms with Gasteiger partial charge in [-0.2, -0.15) is 0 Å². The van der Waals surface area contributed by atoms with Crippen LogP contribution in [0, 0.1) is 11.8 Å². The van der Waals surface area contributed by atoms with Crippen molar-refractivity contribution in [1.82, 2.24) is 0 Å². The SMILES string of the molecule is C=C(C)C(=O)OCCOC(=O)c1ccc(OC=O)c(C(=O)OC(COC(=O)C2CC=CCC2C(=O)OC)COc2ccc(C3(c4ccc(OCC(O)CC)cc4)c4ccccc4-c4ccccc43)cc2)c1. The van der Waals surface area contributed by atoms with Gasteiger partial charge >= 0.3 is 29.8 Å². The van der Waals surface area contributed by atoms with Crippen LogP contribution in [0.2, 0.25) is 0 Å². The molecule has 0 saturated carbocycles. The first kappa shape index (κ1) is 50.8. The number of methoxy groups -OCH3 is 1. The molecule has 0 aromatic heterocycles. The first-order valence-electron chi connectivity index (χ1n) is 23.1. The summed E-state index contributed by atoms with van der Waals surface area (Å²) in [5, 5.41) is 10.1. The molecule has 2 aliphatic carbocycles. The van der Waals surface area contributed by atoms with Crippen LogP contribution in [0.1, 0.15) is 76.1 Å². The average molecular weight is 967 g/mol. The maximum atomic E-state index is 14.0. The zero-order chi connectivity index (χ0) is 50.5. The molecule has 5 aromatic carbocycles. The molecule has 2 aliphatic rings. The summed E-state index contributed by atoms with van der Waals surface area (Å²) in [4.78, 5) is 76.4. The molecule has 1 N–H and O–H groups in total. The zero-order valence-electron chi connectivity index (χ0n) is 39.5. The molecule has 0 fully saturated rings. The Morgan fingerprint density at radius 1 is 0.704 bits per heavy atom. The second-order valence-electron chi connectivity index (χ2n) is 16.9. The van der Waals surface area contributed by atoms with Crippen molar-refractivity contribution in [2.75, 3.05) is 40.1 Å². The van der Waals surface area contributed by atoms with Gasteiger partial charge in [0.1, 0.15) is 55.8 Å². The summed E-state index contributed by atoms with van der Waals surface area (Å²) in [7, 11) is 1.24. The lowest BCUT2D eigenvalue weighted by molar-refractivity contribution is -0.161. The molecule has 7 rings (SSSR count). The van der Waals surface area contributed by atoms with Crippen LogP contribution in [0.5, 0.6) is 17.2 Å². The van der Waals surface area contributed by atoms with Gasteiger partial charge in [0.25, 0.3) is 6.47 Å². The van der Waals surface area contributed by atoms with Crippen molar-refractivity contribution in [3.63, 3.8) is 0 Å². The topological polar surface area (TPSA) is 196 Å². The van der Waals surface area contributed by atoms with E-state index in [9.17, 15) is 33.9 Å². The average Bonchev–Trinajstić information content (AvgIpc) is 3.70. The standard InChI is InChI=1S/C56H54O15/c1-5-39(58)31-67-40-23-19-37(20-24-40)56(48-16-10-8-12-43(48)44-13-9-11-17-49(44)56)38-21-25-41(26-22-38)68-32-42(33-69-54(62)46-15-7-6-14-45(46)53(61)64-4)71-55(63)47-30-36(18-27-50(47)70-34-57)52(60)66-29-28-65-51(59)35(2)3/h6-13,16-27,30,34,39,42,45-46,58H,2,5,14-15,28-29,31-33H2,1,3-4H3. The van der Waals surface area contributed by atoms with Crippen LogP contribution in [-0.4, -0.2) is 93.8 Å². The number of rotatable bonds is 22. The number of carbonyl (C=O) groups excluding carboxylic acids is 6. The van der Waals surface area contributed by atoms with E-state index in [0.717, 1.165) is 39.4 Å². The number of ether oxygens (including phenoxy) is 8. The highest BCUT2D eigenvalue weighted by Crippen LogP contribution is 2.56. The fourth-order valence-electron chi connectivity index (χ4n) is 8.67. The van der Waals surface area contributed by atoms with Crippen LogP contribution in [0.4, 0.5) is 0 Å². The predicted molar refractivity (Wildman–Crippen MR) is 258 cm³/mol. The summed E-state index contributed by atoms with van der Waals surface area (Å²) < 4.78 is 43.9. The van der Waals surface area contributed by atoms with Crippen molar-refractivity contribution in [3.8, 4) is 28.4 Å². The number of hydrogen-bond donors (Lipinski definition) is 1. The summed E-state index contributed by atoms with van der Waals surface area (Å²) in [5.74, 6) is -4.82. The smallest absolute Gasteiger partial charge is 0.342 e. The molecule has 15 nitrogen and oxygen atoms in total. The Kier molecular flexibility index (Phi) is 16.8. The minimum absolute atomic E-state index is 0.0967. The van der Waals surface area contributed by atoms with Gasteiger partial charge in [0.15, 0.2) is 6.10 Å². The molecule has 0 saturated heterocycles. The maximum absolute atomic E-state index is 14.0. The van der Waals surface area contributed by atoms with Gasteiger partial charge in [-0.1, -0.05) is 98.5 Å². The fraction of sp³-hybridized carbons (Fsp3) is 0.286. The number of carbonyl (C=O) groups is 6. The molecule has 4 atom stereocenters. The summed E-state index contributed by atoms with van der Waals surface area (Å²) >= 11 is 0.